The molecule has 1 aromatic rings. The Morgan fingerprint density at radius 2 is 1.86 bits per heavy atom. The highest BCUT2D eigenvalue weighted by Crippen LogP contribution is 2.26. The molecule has 0 saturated carbocycles. The highest BCUT2D eigenvalue weighted by atomic mass is 16.5. The lowest BCUT2D eigenvalue weighted by molar-refractivity contribution is 0.0913. The van der Waals surface area contributed by atoms with Crippen LogP contribution < -0.4 is 9.64 Å². The molecular weight excluding hydrogens is 276 g/mol. The summed E-state index contributed by atoms with van der Waals surface area (Å²) in [6, 6.07) is 5.92. The number of methoxy groups -OCH3 is 1. The number of Topliss-reactive ketones (excluding diaryl/α,β-unsaturated/α-hetero) is 1. The van der Waals surface area contributed by atoms with Crippen molar-refractivity contribution in [1.82, 2.24) is 4.90 Å². The first kappa shape index (κ1) is 16.8. The maximum atomic E-state index is 12.6. The van der Waals surface area contributed by atoms with Crippen LogP contribution in [0.1, 0.15) is 43.5 Å². The van der Waals surface area contributed by atoms with Crippen molar-refractivity contribution >= 4 is 11.5 Å². The molecule has 1 aliphatic rings. The Bertz CT molecular complexity index is 492. The standard InChI is InChI=1S/C18H28N2O2/c1-4-20(5-2)15-9-10-16(18(13-15)22-3)17(21)14-19-11-7-6-8-12-19/h9-10,13H,4-8,11-12,14H2,1-3H3. The number of rotatable bonds is 7. The largest absolute Gasteiger partial charge is 0.496 e. The predicted octanol–water partition coefficient (Wildman–Crippen LogP) is 3.21. The zero-order valence-electron chi connectivity index (χ0n) is 14.1. The van der Waals surface area contributed by atoms with Crippen molar-refractivity contribution in [2.45, 2.75) is 33.1 Å². The molecule has 0 unspecified atom stereocenters. The van der Waals surface area contributed by atoms with Gasteiger partial charge in [0.05, 0.1) is 19.2 Å². The number of carbonyl (C=O) groups excluding carboxylic acids is 1. The second-order valence-electron chi connectivity index (χ2n) is 5.82. The molecule has 0 aromatic heterocycles. The topological polar surface area (TPSA) is 32.8 Å². The molecule has 0 spiro atoms. The van der Waals surface area contributed by atoms with Gasteiger partial charge in [0.25, 0.3) is 0 Å². The highest BCUT2D eigenvalue weighted by Gasteiger charge is 2.19. The summed E-state index contributed by atoms with van der Waals surface area (Å²) >= 11 is 0. The van der Waals surface area contributed by atoms with Gasteiger partial charge >= 0.3 is 0 Å². The first-order chi connectivity index (χ1) is 10.7. The summed E-state index contributed by atoms with van der Waals surface area (Å²) in [4.78, 5) is 17.1. The van der Waals surface area contributed by atoms with Crippen LogP contribution in [0.2, 0.25) is 0 Å². The van der Waals surface area contributed by atoms with E-state index in [4.69, 9.17) is 4.74 Å². The van der Waals surface area contributed by atoms with Gasteiger partial charge in [-0.3, -0.25) is 9.69 Å². The maximum Gasteiger partial charge on any atom is 0.180 e. The lowest BCUT2D eigenvalue weighted by atomic mass is 10.1. The van der Waals surface area contributed by atoms with Gasteiger partial charge in [0.2, 0.25) is 0 Å². The predicted molar refractivity (Wildman–Crippen MR) is 91.2 cm³/mol. The van der Waals surface area contributed by atoms with Gasteiger partial charge in [-0.1, -0.05) is 6.42 Å². The molecule has 2 rings (SSSR count). The first-order valence-electron chi connectivity index (χ1n) is 8.38. The normalized spacial score (nSPS) is 15.6. The summed E-state index contributed by atoms with van der Waals surface area (Å²) in [5, 5.41) is 0. The van der Waals surface area contributed by atoms with Crippen LogP contribution in [-0.4, -0.2) is 50.5 Å². The molecule has 122 valence electrons. The molecule has 0 aliphatic carbocycles. The van der Waals surface area contributed by atoms with Crippen LogP contribution in [0.15, 0.2) is 18.2 Å². The van der Waals surface area contributed by atoms with Crippen molar-refractivity contribution in [2.24, 2.45) is 0 Å². The van der Waals surface area contributed by atoms with Gasteiger partial charge in [0.15, 0.2) is 5.78 Å². The van der Waals surface area contributed by atoms with E-state index in [1.807, 2.05) is 18.2 Å². The van der Waals surface area contributed by atoms with E-state index >= 15 is 0 Å². The Labute approximate surface area is 134 Å². The van der Waals surface area contributed by atoms with E-state index in [1.165, 1.54) is 19.3 Å². The Kier molecular flexibility index (Phi) is 6.25. The third-order valence-corrected chi connectivity index (χ3v) is 4.43. The molecule has 4 nitrogen and oxygen atoms in total. The van der Waals surface area contributed by atoms with E-state index < -0.39 is 0 Å². The van der Waals surface area contributed by atoms with Crippen molar-refractivity contribution in [3.05, 3.63) is 23.8 Å². The number of hydrogen-bond donors (Lipinski definition) is 0. The van der Waals surface area contributed by atoms with Crippen LogP contribution in [0.4, 0.5) is 5.69 Å². The molecule has 22 heavy (non-hydrogen) atoms. The molecule has 4 heteroatoms. The second kappa shape index (κ2) is 8.18. The SMILES string of the molecule is CCN(CC)c1ccc(C(=O)CN2CCCCC2)c(OC)c1. The quantitative estimate of drug-likeness (QED) is 0.724. The fourth-order valence-electron chi connectivity index (χ4n) is 3.10. The van der Waals surface area contributed by atoms with Gasteiger partial charge in [0.1, 0.15) is 5.75 Å². The average molecular weight is 304 g/mol. The fourth-order valence-corrected chi connectivity index (χ4v) is 3.10. The minimum Gasteiger partial charge on any atom is -0.496 e. The van der Waals surface area contributed by atoms with Crippen molar-refractivity contribution in [3.63, 3.8) is 0 Å². The number of piperidine rings is 1. The number of likely N-dealkylation sites (tertiary alicyclic amines) is 1. The van der Waals surface area contributed by atoms with E-state index in [-0.39, 0.29) is 5.78 Å². The number of anilines is 1. The highest BCUT2D eigenvalue weighted by molar-refractivity contribution is 6.00. The van der Waals surface area contributed by atoms with Crippen molar-refractivity contribution in [1.29, 1.82) is 0 Å². The lowest BCUT2D eigenvalue weighted by Crippen LogP contribution is -2.34. The van der Waals surface area contributed by atoms with Gasteiger partial charge < -0.3 is 9.64 Å². The molecule has 1 heterocycles. The molecule has 0 radical (unpaired) electrons. The van der Waals surface area contributed by atoms with Crippen molar-refractivity contribution < 1.29 is 9.53 Å². The molecule has 1 aromatic carbocycles. The maximum absolute atomic E-state index is 12.6. The fraction of sp³-hybridized carbons (Fsp3) is 0.611. The van der Waals surface area contributed by atoms with Gasteiger partial charge in [-0.05, 0) is 51.9 Å². The first-order valence-corrected chi connectivity index (χ1v) is 8.38. The van der Waals surface area contributed by atoms with E-state index in [2.05, 4.69) is 23.6 Å². The van der Waals surface area contributed by atoms with Gasteiger partial charge in [-0.25, -0.2) is 0 Å². The van der Waals surface area contributed by atoms with E-state index in [0.717, 1.165) is 31.9 Å². The van der Waals surface area contributed by atoms with Crippen LogP contribution in [0.3, 0.4) is 0 Å². The third-order valence-electron chi connectivity index (χ3n) is 4.43. The minimum atomic E-state index is 0.157. The van der Waals surface area contributed by atoms with Crippen LogP contribution in [0.5, 0.6) is 5.75 Å². The molecule has 0 amide bonds. The van der Waals surface area contributed by atoms with Gasteiger partial charge in [0, 0.05) is 24.8 Å². The molecule has 0 bridgehead atoms. The lowest BCUT2D eigenvalue weighted by Gasteiger charge is -2.26. The zero-order chi connectivity index (χ0) is 15.9. The second-order valence-corrected chi connectivity index (χ2v) is 5.82. The van der Waals surface area contributed by atoms with Gasteiger partial charge in [-0.15, -0.1) is 0 Å². The van der Waals surface area contributed by atoms with Gasteiger partial charge in [-0.2, -0.15) is 0 Å². The average Bonchev–Trinajstić information content (AvgIpc) is 2.56. The molecule has 0 N–H and O–H groups in total. The molecular formula is C18H28N2O2. The minimum absolute atomic E-state index is 0.157. The molecule has 1 aliphatic heterocycles. The number of carbonyl (C=O) groups is 1. The zero-order valence-corrected chi connectivity index (χ0v) is 14.1. The van der Waals surface area contributed by atoms with Crippen molar-refractivity contribution in [3.8, 4) is 5.75 Å². The van der Waals surface area contributed by atoms with E-state index in [0.29, 0.717) is 17.9 Å². The number of ether oxygens (including phenoxy) is 1. The number of nitrogens with zero attached hydrogens (tertiary/aromatic N) is 2. The van der Waals surface area contributed by atoms with Crippen LogP contribution in [0.25, 0.3) is 0 Å². The summed E-state index contributed by atoms with van der Waals surface area (Å²) in [6.07, 6.45) is 3.68. The molecule has 1 fully saturated rings. The number of benzene rings is 1. The van der Waals surface area contributed by atoms with E-state index in [1.54, 1.807) is 7.11 Å². The van der Waals surface area contributed by atoms with Crippen LogP contribution in [-0.2, 0) is 0 Å². The monoisotopic (exact) mass is 304 g/mol. The van der Waals surface area contributed by atoms with Crippen molar-refractivity contribution in [2.75, 3.05) is 44.7 Å². The Hall–Kier alpha value is -1.55. The Morgan fingerprint density at radius 3 is 2.45 bits per heavy atom. The van der Waals surface area contributed by atoms with Crippen LogP contribution >= 0.6 is 0 Å². The summed E-state index contributed by atoms with van der Waals surface area (Å²) in [5.74, 6) is 0.844. The van der Waals surface area contributed by atoms with Crippen LogP contribution in [0, 0.1) is 0 Å². The number of ketones is 1. The summed E-state index contributed by atoms with van der Waals surface area (Å²) in [5.41, 5.74) is 1.81. The smallest absolute Gasteiger partial charge is 0.180 e. The Balaban J connectivity index is 2.13. The molecule has 1 saturated heterocycles. The third kappa shape index (κ3) is 4.01. The number of hydrogen-bond acceptors (Lipinski definition) is 4. The summed E-state index contributed by atoms with van der Waals surface area (Å²) < 4.78 is 5.47. The molecule has 0 atom stereocenters. The van der Waals surface area contributed by atoms with E-state index in [9.17, 15) is 4.79 Å². The summed E-state index contributed by atoms with van der Waals surface area (Å²) in [7, 11) is 1.64. The Morgan fingerprint density at radius 1 is 1.18 bits per heavy atom. The summed E-state index contributed by atoms with van der Waals surface area (Å²) in [6.45, 7) is 8.72.